The Morgan fingerprint density at radius 2 is 1.77 bits per heavy atom. The van der Waals surface area contributed by atoms with Crippen LogP contribution in [0, 0.1) is 0 Å². The van der Waals surface area contributed by atoms with Crippen molar-refractivity contribution in [2.45, 2.75) is 30.6 Å². The Hall–Kier alpha value is -2.24. The molecule has 114 valence electrons. The molecule has 0 radical (unpaired) electrons. The van der Waals surface area contributed by atoms with E-state index < -0.39 is 18.2 Å². The fraction of sp³-hybridized carbons (Fsp3) is 0.294. The zero-order chi connectivity index (χ0) is 15.5. The van der Waals surface area contributed by atoms with Crippen LogP contribution in [0.2, 0.25) is 0 Å². The van der Waals surface area contributed by atoms with Gasteiger partial charge in [-0.1, -0.05) is 30.3 Å². The number of carbonyl (C=O) groups is 1. The molecular weight excluding hydrogens is 280 g/mol. The molecule has 22 heavy (non-hydrogen) atoms. The van der Waals surface area contributed by atoms with E-state index in [1.165, 1.54) is 0 Å². The normalized spacial score (nSPS) is 27.5. The Labute approximate surface area is 128 Å². The van der Waals surface area contributed by atoms with Gasteiger partial charge in [-0.2, -0.15) is 0 Å². The number of nitrogens with one attached hydrogen (secondary N) is 1. The summed E-state index contributed by atoms with van der Waals surface area (Å²) in [6, 6.07) is 12.3. The van der Waals surface area contributed by atoms with Crippen molar-refractivity contribution >= 4 is 5.91 Å². The van der Waals surface area contributed by atoms with E-state index in [1.807, 2.05) is 30.3 Å². The number of carbonyl (C=O) groups excluding carboxylic acids is 1. The Bertz CT molecular complexity index is 633. The first-order chi connectivity index (χ1) is 10.7. The smallest absolute Gasteiger partial charge is 0.251 e. The van der Waals surface area contributed by atoms with Crippen molar-refractivity contribution in [3.8, 4) is 0 Å². The Kier molecular flexibility index (Phi) is 4.18. The SMILES string of the molecule is O=C(NC1C(c2ccccc2)CC(O)C1O)c1ccncc1. The molecule has 4 atom stereocenters. The molecule has 1 heterocycles. The maximum absolute atomic E-state index is 12.3. The third-order valence-electron chi connectivity index (χ3n) is 4.16. The van der Waals surface area contributed by atoms with E-state index in [-0.39, 0.29) is 11.8 Å². The summed E-state index contributed by atoms with van der Waals surface area (Å²) in [4.78, 5) is 16.2. The fourth-order valence-corrected chi connectivity index (χ4v) is 2.99. The summed E-state index contributed by atoms with van der Waals surface area (Å²) in [6.45, 7) is 0. The molecule has 1 fully saturated rings. The molecular formula is C17H18N2O3. The van der Waals surface area contributed by atoms with Gasteiger partial charge in [0.25, 0.3) is 5.91 Å². The highest BCUT2D eigenvalue weighted by molar-refractivity contribution is 5.94. The lowest BCUT2D eigenvalue weighted by Gasteiger charge is -2.23. The predicted molar refractivity (Wildman–Crippen MR) is 81.3 cm³/mol. The highest BCUT2D eigenvalue weighted by atomic mass is 16.3. The van der Waals surface area contributed by atoms with Crippen molar-refractivity contribution in [2.24, 2.45) is 0 Å². The number of hydrogen-bond donors (Lipinski definition) is 3. The molecule has 1 aromatic carbocycles. The fourth-order valence-electron chi connectivity index (χ4n) is 2.99. The summed E-state index contributed by atoms with van der Waals surface area (Å²) in [5, 5.41) is 23.0. The molecule has 2 aromatic rings. The van der Waals surface area contributed by atoms with Gasteiger partial charge in [-0.05, 0) is 24.1 Å². The molecule has 5 heteroatoms. The van der Waals surface area contributed by atoms with Crippen LogP contribution in [-0.4, -0.2) is 39.4 Å². The second-order valence-corrected chi connectivity index (χ2v) is 5.55. The number of nitrogens with zero attached hydrogens (tertiary/aromatic N) is 1. The van der Waals surface area contributed by atoms with Gasteiger partial charge in [-0.25, -0.2) is 0 Å². The zero-order valence-corrected chi connectivity index (χ0v) is 12.0. The maximum Gasteiger partial charge on any atom is 0.251 e. The van der Waals surface area contributed by atoms with Gasteiger partial charge in [0.05, 0.1) is 12.1 Å². The molecule has 3 rings (SSSR count). The summed E-state index contributed by atoms with van der Waals surface area (Å²) in [6.07, 6.45) is 1.70. The van der Waals surface area contributed by atoms with Crippen molar-refractivity contribution in [1.82, 2.24) is 10.3 Å². The molecule has 1 amide bonds. The Morgan fingerprint density at radius 1 is 1.09 bits per heavy atom. The van der Waals surface area contributed by atoms with Crippen LogP contribution in [0.4, 0.5) is 0 Å². The molecule has 1 aromatic heterocycles. The number of rotatable bonds is 3. The lowest BCUT2D eigenvalue weighted by molar-refractivity contribution is 0.0294. The van der Waals surface area contributed by atoms with Gasteiger partial charge in [-0.15, -0.1) is 0 Å². The lowest BCUT2D eigenvalue weighted by atomic mass is 9.93. The predicted octanol–water partition coefficient (Wildman–Crippen LogP) is 1.09. The summed E-state index contributed by atoms with van der Waals surface area (Å²) in [5.74, 6) is -0.390. The van der Waals surface area contributed by atoms with E-state index in [0.29, 0.717) is 12.0 Å². The molecule has 1 saturated carbocycles. The molecule has 1 aliphatic rings. The third-order valence-corrected chi connectivity index (χ3v) is 4.16. The topological polar surface area (TPSA) is 82.5 Å². The first kappa shape index (κ1) is 14.7. The van der Waals surface area contributed by atoms with Gasteiger partial charge in [0.2, 0.25) is 0 Å². The average Bonchev–Trinajstić information content (AvgIpc) is 2.85. The summed E-state index contributed by atoms with van der Waals surface area (Å²) in [7, 11) is 0. The van der Waals surface area contributed by atoms with Crippen LogP contribution < -0.4 is 5.32 Å². The van der Waals surface area contributed by atoms with Crippen LogP contribution in [0.1, 0.15) is 28.3 Å². The monoisotopic (exact) mass is 298 g/mol. The lowest BCUT2D eigenvalue weighted by Crippen LogP contribution is -2.45. The quantitative estimate of drug-likeness (QED) is 0.792. The van der Waals surface area contributed by atoms with Gasteiger partial charge < -0.3 is 15.5 Å². The van der Waals surface area contributed by atoms with Gasteiger partial charge in [-0.3, -0.25) is 9.78 Å². The number of aliphatic hydroxyl groups is 2. The standard InChI is InChI=1S/C17H18N2O3/c20-14-10-13(11-4-2-1-3-5-11)15(16(14)21)19-17(22)12-6-8-18-9-7-12/h1-9,13-16,20-21H,10H2,(H,19,22). The molecule has 5 nitrogen and oxygen atoms in total. The minimum Gasteiger partial charge on any atom is -0.390 e. The molecule has 4 unspecified atom stereocenters. The van der Waals surface area contributed by atoms with Crippen LogP contribution in [-0.2, 0) is 0 Å². The second kappa shape index (κ2) is 6.25. The van der Waals surface area contributed by atoms with Crippen LogP contribution in [0.3, 0.4) is 0 Å². The van der Waals surface area contributed by atoms with Crippen molar-refractivity contribution in [3.05, 3.63) is 66.0 Å². The molecule has 1 aliphatic carbocycles. The minimum atomic E-state index is -0.976. The highest BCUT2D eigenvalue weighted by Gasteiger charge is 2.43. The Morgan fingerprint density at radius 3 is 2.45 bits per heavy atom. The first-order valence-electron chi connectivity index (χ1n) is 7.29. The van der Waals surface area contributed by atoms with E-state index in [9.17, 15) is 15.0 Å². The number of pyridine rings is 1. The average molecular weight is 298 g/mol. The Balaban J connectivity index is 1.82. The van der Waals surface area contributed by atoms with Crippen LogP contribution >= 0.6 is 0 Å². The number of hydrogen-bond acceptors (Lipinski definition) is 4. The molecule has 3 N–H and O–H groups in total. The third kappa shape index (κ3) is 2.86. The summed E-state index contributed by atoms with van der Waals surface area (Å²) >= 11 is 0. The van der Waals surface area contributed by atoms with Crippen LogP contribution in [0.5, 0.6) is 0 Å². The van der Waals surface area contributed by atoms with Gasteiger partial charge in [0.1, 0.15) is 6.10 Å². The van der Waals surface area contributed by atoms with Crippen LogP contribution in [0.15, 0.2) is 54.9 Å². The second-order valence-electron chi connectivity index (χ2n) is 5.55. The van der Waals surface area contributed by atoms with Gasteiger partial charge in [0.15, 0.2) is 0 Å². The first-order valence-corrected chi connectivity index (χ1v) is 7.29. The molecule has 0 spiro atoms. The van der Waals surface area contributed by atoms with Gasteiger partial charge in [0, 0.05) is 23.9 Å². The van der Waals surface area contributed by atoms with Gasteiger partial charge >= 0.3 is 0 Å². The van der Waals surface area contributed by atoms with Crippen LogP contribution in [0.25, 0.3) is 0 Å². The molecule has 0 bridgehead atoms. The number of aliphatic hydroxyl groups excluding tert-OH is 2. The number of aromatic nitrogens is 1. The van der Waals surface area contributed by atoms with Crippen molar-refractivity contribution in [1.29, 1.82) is 0 Å². The maximum atomic E-state index is 12.3. The largest absolute Gasteiger partial charge is 0.390 e. The minimum absolute atomic E-state index is 0.114. The van der Waals surface area contributed by atoms with E-state index >= 15 is 0 Å². The molecule has 0 saturated heterocycles. The zero-order valence-electron chi connectivity index (χ0n) is 12.0. The van der Waals surface area contributed by atoms with E-state index in [2.05, 4.69) is 10.3 Å². The molecule has 0 aliphatic heterocycles. The van der Waals surface area contributed by atoms with Crippen molar-refractivity contribution in [2.75, 3.05) is 0 Å². The van der Waals surface area contributed by atoms with E-state index in [4.69, 9.17) is 0 Å². The van der Waals surface area contributed by atoms with E-state index in [0.717, 1.165) is 5.56 Å². The number of benzene rings is 1. The summed E-state index contributed by atoms with van der Waals surface area (Å²) < 4.78 is 0. The summed E-state index contributed by atoms with van der Waals surface area (Å²) in [5.41, 5.74) is 1.48. The van der Waals surface area contributed by atoms with E-state index in [1.54, 1.807) is 24.5 Å². The van der Waals surface area contributed by atoms with Crippen molar-refractivity contribution in [3.63, 3.8) is 0 Å². The van der Waals surface area contributed by atoms with Crippen molar-refractivity contribution < 1.29 is 15.0 Å². The number of amides is 1. The highest BCUT2D eigenvalue weighted by Crippen LogP contribution is 2.35.